The number of imidazole rings is 1. The highest BCUT2D eigenvalue weighted by Gasteiger charge is 2.33. The molecule has 0 unspecified atom stereocenters. The van der Waals surface area contributed by atoms with Gasteiger partial charge in [-0.15, -0.1) is 0 Å². The summed E-state index contributed by atoms with van der Waals surface area (Å²) in [5.74, 6) is 1.04. The Balaban J connectivity index is 1.27. The van der Waals surface area contributed by atoms with E-state index in [4.69, 9.17) is 4.74 Å². The molecule has 0 radical (unpaired) electrons. The van der Waals surface area contributed by atoms with Crippen molar-refractivity contribution in [3.8, 4) is 17.0 Å². The standard InChI is InChI=1S/C26H27F2N7O/c1-26(2)8-5-22-33-24-18(27)11-15(12-20(24)35(22)26)23-19(28)14-31-25(34-23)32-21-4-3-17(13-30-21)36-16-6-9-29-10-7-16/h3-4,11-14,16,29H,5-10H2,1-2H3,(H,30,31,32,34). The van der Waals surface area contributed by atoms with Gasteiger partial charge in [0.05, 0.1) is 17.9 Å². The van der Waals surface area contributed by atoms with Crippen molar-refractivity contribution in [2.45, 2.75) is 51.2 Å². The highest BCUT2D eigenvalue weighted by Crippen LogP contribution is 2.38. The number of ether oxygens (including phenoxy) is 1. The number of nitrogens with one attached hydrogen (secondary N) is 2. The van der Waals surface area contributed by atoms with Gasteiger partial charge in [-0.3, -0.25) is 0 Å². The molecule has 36 heavy (non-hydrogen) atoms. The molecule has 0 spiro atoms. The van der Waals surface area contributed by atoms with E-state index < -0.39 is 11.6 Å². The van der Waals surface area contributed by atoms with E-state index in [1.165, 1.54) is 6.07 Å². The van der Waals surface area contributed by atoms with Gasteiger partial charge in [-0.1, -0.05) is 0 Å². The summed E-state index contributed by atoms with van der Waals surface area (Å²) < 4.78 is 37.9. The Bertz CT molecular complexity index is 1430. The lowest BCUT2D eigenvalue weighted by Crippen LogP contribution is -2.34. The van der Waals surface area contributed by atoms with E-state index in [0.29, 0.717) is 28.2 Å². The summed E-state index contributed by atoms with van der Waals surface area (Å²) in [6, 6.07) is 6.61. The van der Waals surface area contributed by atoms with E-state index in [2.05, 4.69) is 44.4 Å². The largest absolute Gasteiger partial charge is 0.489 e. The monoisotopic (exact) mass is 491 g/mol. The van der Waals surface area contributed by atoms with Crippen LogP contribution in [0.15, 0.2) is 36.7 Å². The van der Waals surface area contributed by atoms with Crippen molar-refractivity contribution in [2.75, 3.05) is 18.4 Å². The number of nitrogens with zero attached hydrogens (tertiary/aromatic N) is 5. The van der Waals surface area contributed by atoms with Gasteiger partial charge < -0.3 is 19.9 Å². The average Bonchev–Trinajstić information content (AvgIpc) is 3.40. The quantitative estimate of drug-likeness (QED) is 0.417. The second kappa shape index (κ2) is 8.77. The highest BCUT2D eigenvalue weighted by atomic mass is 19.1. The molecule has 8 nitrogen and oxygen atoms in total. The van der Waals surface area contributed by atoms with Gasteiger partial charge in [0.25, 0.3) is 0 Å². The molecular weight excluding hydrogens is 464 g/mol. The van der Waals surface area contributed by atoms with Crippen LogP contribution in [-0.4, -0.2) is 43.7 Å². The average molecular weight is 492 g/mol. The molecule has 186 valence electrons. The molecular formula is C26H27F2N7O. The predicted molar refractivity (Wildman–Crippen MR) is 132 cm³/mol. The Morgan fingerprint density at radius 1 is 1.06 bits per heavy atom. The van der Waals surface area contributed by atoms with Gasteiger partial charge in [0.2, 0.25) is 5.95 Å². The fraction of sp³-hybridized carbons (Fsp3) is 0.385. The molecule has 1 fully saturated rings. The van der Waals surface area contributed by atoms with E-state index in [0.717, 1.165) is 50.8 Å². The summed E-state index contributed by atoms with van der Waals surface area (Å²) in [6.45, 7) is 6.08. The first kappa shape index (κ1) is 22.8. The Morgan fingerprint density at radius 2 is 1.89 bits per heavy atom. The maximum absolute atomic E-state index is 15.0. The number of rotatable bonds is 5. The molecule has 0 saturated carbocycles. The number of benzene rings is 1. The second-order valence-corrected chi connectivity index (χ2v) is 9.96. The molecule has 10 heteroatoms. The molecule has 0 bridgehead atoms. The zero-order valence-electron chi connectivity index (χ0n) is 20.2. The van der Waals surface area contributed by atoms with Crippen LogP contribution in [0.5, 0.6) is 5.75 Å². The van der Waals surface area contributed by atoms with E-state index in [1.807, 2.05) is 10.6 Å². The molecule has 0 atom stereocenters. The lowest BCUT2D eigenvalue weighted by molar-refractivity contribution is 0.162. The maximum atomic E-state index is 15.0. The molecule has 5 heterocycles. The van der Waals surface area contributed by atoms with Crippen LogP contribution in [-0.2, 0) is 12.0 Å². The van der Waals surface area contributed by atoms with Gasteiger partial charge in [-0.2, -0.15) is 0 Å². The predicted octanol–water partition coefficient (Wildman–Crippen LogP) is 4.72. The number of pyridine rings is 1. The van der Waals surface area contributed by atoms with Crippen LogP contribution in [0, 0.1) is 11.6 Å². The van der Waals surface area contributed by atoms with Crippen molar-refractivity contribution in [3.05, 3.63) is 54.1 Å². The Morgan fingerprint density at radius 3 is 2.67 bits per heavy atom. The minimum Gasteiger partial charge on any atom is -0.489 e. The third kappa shape index (κ3) is 4.15. The van der Waals surface area contributed by atoms with E-state index in [1.54, 1.807) is 18.3 Å². The van der Waals surface area contributed by atoms with Gasteiger partial charge in [-0.25, -0.2) is 28.7 Å². The minimum absolute atomic E-state index is 0.00511. The SMILES string of the molecule is CC1(C)CCc2nc3c(F)cc(-c4nc(Nc5ccc(OC6CCNCC6)cn5)ncc4F)cc3n21. The lowest BCUT2D eigenvalue weighted by atomic mass is 10.0. The first-order chi connectivity index (χ1) is 17.4. The van der Waals surface area contributed by atoms with Crippen molar-refractivity contribution in [1.82, 2.24) is 29.8 Å². The molecule has 1 aromatic carbocycles. The van der Waals surface area contributed by atoms with Crippen molar-refractivity contribution < 1.29 is 13.5 Å². The van der Waals surface area contributed by atoms with E-state index in [9.17, 15) is 4.39 Å². The highest BCUT2D eigenvalue weighted by molar-refractivity contribution is 5.83. The molecule has 3 aromatic heterocycles. The van der Waals surface area contributed by atoms with Crippen LogP contribution in [0.4, 0.5) is 20.5 Å². The fourth-order valence-corrected chi connectivity index (χ4v) is 5.07. The first-order valence-corrected chi connectivity index (χ1v) is 12.2. The van der Waals surface area contributed by atoms with Gasteiger partial charge in [0, 0.05) is 17.5 Å². The molecule has 2 aliphatic rings. The Hall–Kier alpha value is -3.66. The van der Waals surface area contributed by atoms with Crippen LogP contribution in [0.3, 0.4) is 0 Å². The first-order valence-electron chi connectivity index (χ1n) is 12.2. The third-order valence-electron chi connectivity index (χ3n) is 6.93. The molecule has 6 rings (SSSR count). The number of hydrogen-bond acceptors (Lipinski definition) is 7. The summed E-state index contributed by atoms with van der Waals surface area (Å²) in [7, 11) is 0. The summed E-state index contributed by atoms with van der Waals surface area (Å²) >= 11 is 0. The zero-order chi connectivity index (χ0) is 24.9. The van der Waals surface area contributed by atoms with Gasteiger partial charge in [0.1, 0.15) is 34.7 Å². The summed E-state index contributed by atoms with van der Waals surface area (Å²) in [5, 5.41) is 6.31. The summed E-state index contributed by atoms with van der Waals surface area (Å²) in [5.41, 5.74) is 1.07. The molecule has 1 saturated heterocycles. The van der Waals surface area contributed by atoms with Gasteiger partial charge in [-0.05, 0) is 70.5 Å². The number of anilines is 2. The number of fused-ring (bicyclic) bond motifs is 3. The fourth-order valence-electron chi connectivity index (χ4n) is 5.07. The van der Waals surface area contributed by atoms with Gasteiger partial charge >= 0.3 is 0 Å². The van der Waals surface area contributed by atoms with Gasteiger partial charge in [0.15, 0.2) is 11.6 Å². The van der Waals surface area contributed by atoms with Crippen molar-refractivity contribution in [1.29, 1.82) is 0 Å². The maximum Gasteiger partial charge on any atom is 0.229 e. The number of piperidine rings is 1. The third-order valence-corrected chi connectivity index (χ3v) is 6.93. The minimum atomic E-state index is -0.640. The van der Waals surface area contributed by atoms with E-state index in [-0.39, 0.29) is 23.3 Å². The van der Waals surface area contributed by atoms with Crippen molar-refractivity contribution in [2.24, 2.45) is 0 Å². The second-order valence-electron chi connectivity index (χ2n) is 9.96. The molecule has 2 aliphatic heterocycles. The molecule has 0 amide bonds. The number of aromatic nitrogens is 5. The number of hydrogen-bond donors (Lipinski definition) is 2. The van der Waals surface area contributed by atoms with Crippen LogP contribution >= 0.6 is 0 Å². The van der Waals surface area contributed by atoms with E-state index >= 15 is 4.39 Å². The van der Waals surface area contributed by atoms with Crippen molar-refractivity contribution >= 4 is 22.8 Å². The molecule has 4 aromatic rings. The Labute approximate surface area is 207 Å². The zero-order valence-corrected chi connectivity index (χ0v) is 20.2. The topological polar surface area (TPSA) is 89.8 Å². The smallest absolute Gasteiger partial charge is 0.229 e. The number of aryl methyl sites for hydroxylation is 1. The normalized spacial score (nSPS) is 17.3. The number of halogens is 2. The van der Waals surface area contributed by atoms with Crippen LogP contribution < -0.4 is 15.4 Å². The van der Waals surface area contributed by atoms with Crippen LogP contribution in [0.2, 0.25) is 0 Å². The Kier molecular flexibility index (Phi) is 5.55. The molecule has 2 N–H and O–H groups in total. The van der Waals surface area contributed by atoms with Crippen LogP contribution in [0.25, 0.3) is 22.3 Å². The summed E-state index contributed by atoms with van der Waals surface area (Å²) in [6.07, 6.45) is 6.50. The van der Waals surface area contributed by atoms with Crippen molar-refractivity contribution in [3.63, 3.8) is 0 Å². The lowest BCUT2D eigenvalue weighted by Gasteiger charge is -2.23. The summed E-state index contributed by atoms with van der Waals surface area (Å²) in [4.78, 5) is 17.2. The van der Waals surface area contributed by atoms with Crippen LogP contribution in [0.1, 0.15) is 38.9 Å². The molecule has 0 aliphatic carbocycles.